The molecule has 0 aromatic heterocycles. The van der Waals surface area contributed by atoms with Crippen LogP contribution in [0.15, 0.2) is 0 Å². The van der Waals surface area contributed by atoms with Gasteiger partial charge in [-0.1, -0.05) is 27.2 Å². The average Bonchev–Trinajstić information content (AvgIpc) is 3.04. The Kier molecular flexibility index (Phi) is 3.77. The van der Waals surface area contributed by atoms with Crippen LogP contribution in [-0.2, 0) is 19.1 Å². The lowest BCUT2D eigenvalue weighted by molar-refractivity contribution is -0.185. The van der Waals surface area contributed by atoms with Gasteiger partial charge in [0.05, 0.1) is 18.6 Å². The third kappa shape index (κ3) is 1.80. The summed E-state index contributed by atoms with van der Waals surface area (Å²) >= 11 is 0. The van der Waals surface area contributed by atoms with Crippen molar-refractivity contribution >= 4 is 11.8 Å². The molecular weight excluding hydrogens is 332 g/mol. The summed E-state index contributed by atoms with van der Waals surface area (Å²) in [4.78, 5) is 26.0. The molecule has 0 aromatic rings. The number of esters is 1. The van der Waals surface area contributed by atoms with Gasteiger partial charge in [-0.25, -0.2) is 0 Å². The number of ether oxygens (including phenoxy) is 2. The predicted octanol–water partition coefficient (Wildman–Crippen LogP) is 2.88. The molecule has 1 N–H and O–H groups in total. The fourth-order valence-electron chi connectivity index (χ4n) is 7.19. The first kappa shape index (κ1) is 18.4. The van der Waals surface area contributed by atoms with Crippen molar-refractivity contribution in [2.75, 3.05) is 7.11 Å². The third-order valence-corrected chi connectivity index (χ3v) is 8.77. The number of carbonyl (C=O) groups excluding carboxylic acids is 2. The molecule has 146 valence electrons. The lowest BCUT2D eigenvalue weighted by Gasteiger charge is -2.59. The largest absolute Gasteiger partial charge is 0.469 e. The molecule has 2 bridgehead atoms. The molecule has 0 radical (unpaired) electrons. The summed E-state index contributed by atoms with van der Waals surface area (Å²) < 4.78 is 11.5. The summed E-state index contributed by atoms with van der Waals surface area (Å²) in [6.45, 7) is 8.01. The highest BCUT2D eigenvalue weighted by molar-refractivity contribution is 5.99. The van der Waals surface area contributed by atoms with E-state index in [1.807, 2.05) is 20.8 Å². The van der Waals surface area contributed by atoms with E-state index < -0.39 is 22.7 Å². The first-order chi connectivity index (χ1) is 12.1. The molecule has 0 amide bonds. The maximum Gasteiger partial charge on any atom is 0.311 e. The molecule has 1 spiro atoms. The Morgan fingerprint density at radius 2 is 1.92 bits per heavy atom. The van der Waals surface area contributed by atoms with Crippen LogP contribution in [0.1, 0.15) is 66.2 Å². The summed E-state index contributed by atoms with van der Waals surface area (Å²) in [7, 11) is 1.47. The Bertz CT molecular complexity index is 659. The molecule has 7 atom stereocenters. The van der Waals surface area contributed by atoms with Crippen LogP contribution in [0, 0.1) is 28.6 Å². The van der Waals surface area contributed by atoms with Crippen LogP contribution in [0.25, 0.3) is 0 Å². The van der Waals surface area contributed by atoms with Gasteiger partial charge in [0.1, 0.15) is 5.60 Å². The lowest BCUT2D eigenvalue weighted by Crippen LogP contribution is -2.67. The van der Waals surface area contributed by atoms with Crippen LogP contribution < -0.4 is 0 Å². The zero-order chi connectivity index (χ0) is 19.1. The van der Waals surface area contributed by atoms with Crippen molar-refractivity contribution in [1.29, 1.82) is 0 Å². The number of methoxy groups -OCH3 is 1. The molecule has 2 aliphatic carbocycles. The van der Waals surface area contributed by atoms with Gasteiger partial charge < -0.3 is 14.6 Å². The summed E-state index contributed by atoms with van der Waals surface area (Å²) in [6.07, 6.45) is 4.47. The van der Waals surface area contributed by atoms with Gasteiger partial charge in [-0.05, 0) is 56.8 Å². The molecule has 2 heterocycles. The van der Waals surface area contributed by atoms with E-state index in [2.05, 4.69) is 6.92 Å². The Morgan fingerprint density at radius 3 is 2.54 bits per heavy atom. The fraction of sp³-hybridized carbons (Fsp3) is 0.905. The Balaban J connectivity index is 1.75. The van der Waals surface area contributed by atoms with Gasteiger partial charge in [-0.15, -0.1) is 0 Å². The molecular formula is C21H32O5. The Hall–Kier alpha value is -0.940. The Labute approximate surface area is 155 Å². The van der Waals surface area contributed by atoms with Gasteiger partial charge in [-0.2, -0.15) is 0 Å². The molecule has 5 heteroatoms. The monoisotopic (exact) mass is 364 g/mol. The van der Waals surface area contributed by atoms with Gasteiger partial charge in [0, 0.05) is 5.41 Å². The quantitative estimate of drug-likeness (QED) is 0.763. The van der Waals surface area contributed by atoms with Gasteiger partial charge >= 0.3 is 5.97 Å². The number of fused-ring (bicyclic) bond motifs is 3. The lowest BCUT2D eigenvalue weighted by atomic mass is 9.43. The van der Waals surface area contributed by atoms with Gasteiger partial charge in [-0.3, -0.25) is 9.59 Å². The van der Waals surface area contributed by atoms with Crippen LogP contribution in [-0.4, -0.2) is 41.3 Å². The summed E-state index contributed by atoms with van der Waals surface area (Å²) in [5, 5.41) is 11.2. The van der Waals surface area contributed by atoms with Crippen molar-refractivity contribution in [2.24, 2.45) is 28.6 Å². The van der Waals surface area contributed by atoms with Crippen molar-refractivity contribution in [3.05, 3.63) is 0 Å². The number of ketones is 1. The predicted molar refractivity (Wildman–Crippen MR) is 95.3 cm³/mol. The molecule has 4 rings (SSSR count). The number of hydrogen-bond acceptors (Lipinski definition) is 5. The summed E-state index contributed by atoms with van der Waals surface area (Å²) in [5.41, 5.74) is -3.05. The minimum atomic E-state index is -1.37. The van der Waals surface area contributed by atoms with E-state index in [4.69, 9.17) is 9.47 Å². The van der Waals surface area contributed by atoms with E-state index in [1.54, 1.807) is 0 Å². The van der Waals surface area contributed by atoms with Gasteiger partial charge in [0.2, 0.25) is 0 Å². The minimum absolute atomic E-state index is 0.109. The third-order valence-electron chi connectivity index (χ3n) is 8.77. The molecule has 2 saturated carbocycles. The standard InChI is InChI=1S/C21H32O5/c1-12(2)21(24)15-11-19(4)14-7-6-9-18(3,17(23)25-5)13(14)8-10-20(19,26-15)16(21)22/h12-15,24H,6-11H2,1-5H3/t13-,14+,15+,18-,19-,20+,21+/m1/s1. The summed E-state index contributed by atoms with van der Waals surface area (Å²) in [5.74, 6) is 0.0682. The SMILES string of the molecule is COC(=O)[C@]1(C)CCC[C@H]2[C@H]1CC[C@@]13O[C@@H](C[C@]21C)[C@@](O)(C(C)C)C3=O. The van der Waals surface area contributed by atoms with Crippen molar-refractivity contribution < 1.29 is 24.2 Å². The number of aliphatic hydroxyl groups is 1. The first-order valence-corrected chi connectivity index (χ1v) is 10.1. The van der Waals surface area contributed by atoms with Crippen LogP contribution in [0.5, 0.6) is 0 Å². The smallest absolute Gasteiger partial charge is 0.311 e. The number of Topliss-reactive ketones (excluding diaryl/α,β-unsaturated/α-hetero) is 1. The van der Waals surface area contributed by atoms with Crippen molar-refractivity contribution in [1.82, 2.24) is 0 Å². The molecule has 2 saturated heterocycles. The minimum Gasteiger partial charge on any atom is -0.469 e. The van der Waals surface area contributed by atoms with E-state index in [0.29, 0.717) is 12.8 Å². The molecule has 0 unspecified atom stereocenters. The average molecular weight is 364 g/mol. The van der Waals surface area contributed by atoms with Crippen LogP contribution in [0.4, 0.5) is 0 Å². The highest BCUT2D eigenvalue weighted by atomic mass is 16.6. The maximum atomic E-state index is 13.5. The first-order valence-electron chi connectivity index (χ1n) is 10.1. The molecule has 4 fully saturated rings. The molecule has 5 nitrogen and oxygen atoms in total. The van der Waals surface area contributed by atoms with Crippen molar-refractivity contribution in [3.63, 3.8) is 0 Å². The highest BCUT2D eigenvalue weighted by Gasteiger charge is 2.79. The topological polar surface area (TPSA) is 72.8 Å². The number of hydrogen-bond donors (Lipinski definition) is 1. The Morgan fingerprint density at radius 1 is 1.23 bits per heavy atom. The van der Waals surface area contributed by atoms with Crippen LogP contribution in [0.2, 0.25) is 0 Å². The second kappa shape index (κ2) is 5.32. The van der Waals surface area contributed by atoms with Crippen LogP contribution in [0.3, 0.4) is 0 Å². The van der Waals surface area contributed by atoms with Crippen molar-refractivity contribution in [3.8, 4) is 0 Å². The van der Waals surface area contributed by atoms with E-state index >= 15 is 0 Å². The fourth-order valence-corrected chi connectivity index (χ4v) is 7.19. The van der Waals surface area contributed by atoms with Crippen LogP contribution >= 0.6 is 0 Å². The second-order valence-corrected chi connectivity index (χ2v) is 9.92. The molecule has 0 aromatic carbocycles. The van der Waals surface area contributed by atoms with Gasteiger partial charge in [0.15, 0.2) is 11.4 Å². The molecule has 26 heavy (non-hydrogen) atoms. The zero-order valence-electron chi connectivity index (χ0n) is 16.6. The molecule has 4 aliphatic rings. The van der Waals surface area contributed by atoms with E-state index in [1.165, 1.54) is 7.11 Å². The van der Waals surface area contributed by atoms with E-state index in [0.717, 1.165) is 25.7 Å². The highest BCUT2D eigenvalue weighted by Crippen LogP contribution is 2.70. The second-order valence-electron chi connectivity index (χ2n) is 9.92. The maximum absolute atomic E-state index is 13.5. The molecule has 2 aliphatic heterocycles. The van der Waals surface area contributed by atoms with Crippen molar-refractivity contribution in [2.45, 2.75) is 83.5 Å². The van der Waals surface area contributed by atoms with E-state index in [9.17, 15) is 14.7 Å². The number of rotatable bonds is 2. The van der Waals surface area contributed by atoms with E-state index in [-0.39, 0.29) is 34.9 Å². The summed E-state index contributed by atoms with van der Waals surface area (Å²) in [6, 6.07) is 0. The number of carbonyl (C=O) groups is 2. The van der Waals surface area contributed by atoms with Gasteiger partial charge in [0.25, 0.3) is 0 Å². The zero-order valence-corrected chi connectivity index (χ0v) is 16.6. The normalized spacial score (nSPS) is 52.7.